The molecule has 0 unspecified atom stereocenters. The number of fused-ring (bicyclic) bond motifs is 1. The second kappa shape index (κ2) is 9.49. The molecule has 3 aromatic heterocycles. The van der Waals surface area contributed by atoms with Crippen LogP contribution in [0.4, 0.5) is 15.9 Å². The molecule has 1 aliphatic heterocycles. The number of nitrogen functional groups attached to an aromatic ring is 1. The van der Waals surface area contributed by atoms with Gasteiger partial charge in [0.05, 0.1) is 40.8 Å². The molecule has 0 saturated carbocycles. The minimum absolute atomic E-state index is 0.126. The zero-order chi connectivity index (χ0) is 28.2. The summed E-state index contributed by atoms with van der Waals surface area (Å²) in [4.78, 5) is 20.9. The van der Waals surface area contributed by atoms with Crippen LogP contribution in [0.3, 0.4) is 0 Å². The number of sulfonamides is 1. The number of aromatic amines is 1. The van der Waals surface area contributed by atoms with Crippen molar-refractivity contribution in [3.8, 4) is 17.3 Å². The lowest BCUT2D eigenvalue weighted by Crippen LogP contribution is -2.25. The van der Waals surface area contributed by atoms with E-state index in [0.29, 0.717) is 47.2 Å². The lowest BCUT2D eigenvalue weighted by atomic mass is 10.1. The standard InChI is InChI=1S/C28H25FN6O4S/c1-16-10-18-12-23(33-22(18)13-24(16)34-8-3-9-40(34,37)38)27(36)21-14-32-35(28(21)30)25-15-31-26(11-17(25)2)39-20-6-4-19(29)5-7-20/h4-7,10-15,33H,3,8-9,30H2,1-2H3. The molecule has 6 rings (SSSR count). The number of rotatable bonds is 6. The topological polar surface area (TPSA) is 136 Å². The van der Waals surface area contributed by atoms with Gasteiger partial charge in [0.15, 0.2) is 0 Å². The second-order valence-electron chi connectivity index (χ2n) is 9.70. The number of nitrogens with two attached hydrogens (primary N) is 1. The van der Waals surface area contributed by atoms with E-state index in [1.807, 2.05) is 19.9 Å². The van der Waals surface area contributed by atoms with Gasteiger partial charge in [0.2, 0.25) is 21.7 Å². The van der Waals surface area contributed by atoms with Crippen LogP contribution in [0.15, 0.2) is 60.9 Å². The molecule has 0 spiro atoms. The molecular weight excluding hydrogens is 535 g/mol. The van der Waals surface area contributed by atoms with Gasteiger partial charge in [0, 0.05) is 23.5 Å². The lowest BCUT2D eigenvalue weighted by Gasteiger charge is -2.19. The van der Waals surface area contributed by atoms with Gasteiger partial charge in [-0.25, -0.2) is 22.5 Å². The number of aryl methyl sites for hydroxylation is 2. The smallest absolute Gasteiger partial charge is 0.235 e. The maximum Gasteiger partial charge on any atom is 0.235 e. The van der Waals surface area contributed by atoms with Crippen LogP contribution in [0.5, 0.6) is 11.6 Å². The van der Waals surface area contributed by atoms with Gasteiger partial charge in [-0.1, -0.05) is 0 Å². The number of carbonyl (C=O) groups is 1. The zero-order valence-electron chi connectivity index (χ0n) is 21.7. The van der Waals surface area contributed by atoms with Gasteiger partial charge in [-0.05, 0) is 73.9 Å². The van der Waals surface area contributed by atoms with Crippen molar-refractivity contribution >= 4 is 38.2 Å². The van der Waals surface area contributed by atoms with Crippen LogP contribution in [0.1, 0.15) is 33.6 Å². The number of anilines is 2. The number of pyridine rings is 1. The number of H-pyrrole nitrogens is 1. The number of hydrogen-bond acceptors (Lipinski definition) is 7. The lowest BCUT2D eigenvalue weighted by molar-refractivity contribution is 0.103. The third kappa shape index (κ3) is 4.45. The number of aromatic nitrogens is 4. The average molecular weight is 561 g/mol. The van der Waals surface area contributed by atoms with Crippen LogP contribution < -0.4 is 14.8 Å². The van der Waals surface area contributed by atoms with E-state index < -0.39 is 10.0 Å². The summed E-state index contributed by atoms with van der Waals surface area (Å²) < 4.78 is 46.6. The quantitative estimate of drug-likeness (QED) is 0.289. The highest BCUT2D eigenvalue weighted by Crippen LogP contribution is 2.32. The highest BCUT2D eigenvalue weighted by molar-refractivity contribution is 7.93. The second-order valence-corrected chi connectivity index (χ2v) is 11.7. The number of hydrogen-bond donors (Lipinski definition) is 2. The van der Waals surface area contributed by atoms with Crippen molar-refractivity contribution in [2.24, 2.45) is 0 Å². The molecule has 40 heavy (non-hydrogen) atoms. The Balaban J connectivity index is 1.28. The molecule has 1 aliphatic rings. The number of nitrogens with zero attached hydrogens (tertiary/aromatic N) is 4. The van der Waals surface area contributed by atoms with Gasteiger partial charge >= 0.3 is 0 Å². The summed E-state index contributed by atoms with van der Waals surface area (Å²) >= 11 is 0. The van der Waals surface area contributed by atoms with E-state index >= 15 is 0 Å². The number of ketones is 1. The van der Waals surface area contributed by atoms with Crippen molar-refractivity contribution in [3.05, 3.63) is 89.1 Å². The molecule has 4 heterocycles. The van der Waals surface area contributed by atoms with Gasteiger partial charge in [0.25, 0.3) is 0 Å². The van der Waals surface area contributed by atoms with Gasteiger partial charge in [-0.3, -0.25) is 9.10 Å². The van der Waals surface area contributed by atoms with Crippen molar-refractivity contribution in [2.45, 2.75) is 20.3 Å². The van der Waals surface area contributed by atoms with E-state index in [2.05, 4.69) is 15.1 Å². The molecule has 3 N–H and O–H groups in total. The molecule has 0 radical (unpaired) electrons. The predicted molar refractivity (Wildman–Crippen MR) is 149 cm³/mol. The molecule has 5 aromatic rings. The molecule has 0 amide bonds. The van der Waals surface area contributed by atoms with E-state index in [1.165, 1.54) is 45.6 Å². The first-order chi connectivity index (χ1) is 19.1. The highest BCUT2D eigenvalue weighted by Gasteiger charge is 2.30. The molecule has 12 heteroatoms. The molecule has 0 bridgehead atoms. The summed E-state index contributed by atoms with van der Waals surface area (Å²) in [6, 6.07) is 12.6. The van der Waals surface area contributed by atoms with E-state index in [0.717, 1.165) is 16.5 Å². The van der Waals surface area contributed by atoms with Gasteiger partial charge < -0.3 is 15.5 Å². The maximum absolute atomic E-state index is 13.4. The normalized spacial score (nSPS) is 14.6. The minimum atomic E-state index is -3.34. The molecule has 0 atom stereocenters. The minimum Gasteiger partial charge on any atom is -0.439 e. The van der Waals surface area contributed by atoms with Crippen LogP contribution in [0.25, 0.3) is 16.6 Å². The Labute approximate surface area is 229 Å². The van der Waals surface area contributed by atoms with Crippen LogP contribution in [-0.2, 0) is 10.0 Å². The van der Waals surface area contributed by atoms with Crippen molar-refractivity contribution in [3.63, 3.8) is 0 Å². The highest BCUT2D eigenvalue weighted by atomic mass is 32.2. The molecule has 0 aliphatic carbocycles. The van der Waals surface area contributed by atoms with E-state index in [4.69, 9.17) is 10.5 Å². The van der Waals surface area contributed by atoms with Crippen LogP contribution in [0, 0.1) is 19.7 Å². The summed E-state index contributed by atoms with van der Waals surface area (Å²) in [5.74, 6) is 0.299. The van der Waals surface area contributed by atoms with E-state index in [9.17, 15) is 17.6 Å². The fourth-order valence-electron chi connectivity index (χ4n) is 4.88. The number of carbonyl (C=O) groups excluding carboxylic acids is 1. The molecule has 10 nitrogen and oxygen atoms in total. The Bertz CT molecular complexity index is 1900. The first-order valence-corrected chi connectivity index (χ1v) is 14.1. The fourth-order valence-corrected chi connectivity index (χ4v) is 6.50. The van der Waals surface area contributed by atoms with Crippen LogP contribution >= 0.6 is 0 Å². The van der Waals surface area contributed by atoms with Crippen LogP contribution in [0.2, 0.25) is 0 Å². The molecule has 1 fully saturated rings. The first-order valence-electron chi connectivity index (χ1n) is 12.5. The Morgan fingerprint density at radius 1 is 1.05 bits per heavy atom. The number of nitrogens with one attached hydrogen (secondary N) is 1. The molecule has 204 valence electrons. The third-order valence-electron chi connectivity index (χ3n) is 6.92. The molecule has 1 saturated heterocycles. The molecule has 2 aromatic carbocycles. The first kappa shape index (κ1) is 25.6. The largest absolute Gasteiger partial charge is 0.439 e. The number of halogens is 1. The Morgan fingerprint density at radius 2 is 1.80 bits per heavy atom. The van der Waals surface area contributed by atoms with Crippen molar-refractivity contribution < 1.29 is 22.3 Å². The maximum atomic E-state index is 13.4. The monoisotopic (exact) mass is 560 g/mol. The summed E-state index contributed by atoms with van der Waals surface area (Å²) in [5, 5.41) is 5.11. The molecular formula is C28H25FN6O4S. The average Bonchev–Trinajstić information content (AvgIpc) is 3.60. The summed E-state index contributed by atoms with van der Waals surface area (Å²) in [5.41, 5.74) is 10.2. The van der Waals surface area contributed by atoms with Crippen molar-refractivity contribution in [1.29, 1.82) is 0 Å². The Kier molecular flexibility index (Phi) is 6.06. The Hall–Kier alpha value is -4.71. The van der Waals surface area contributed by atoms with E-state index in [-0.39, 0.29) is 28.7 Å². The fraction of sp³-hybridized carbons (Fsp3) is 0.179. The summed E-state index contributed by atoms with van der Waals surface area (Å²) in [7, 11) is -3.34. The van der Waals surface area contributed by atoms with Crippen LogP contribution in [-0.4, -0.2) is 46.2 Å². The summed E-state index contributed by atoms with van der Waals surface area (Å²) in [6.45, 7) is 4.12. The van der Waals surface area contributed by atoms with E-state index in [1.54, 1.807) is 18.2 Å². The zero-order valence-corrected chi connectivity index (χ0v) is 22.5. The van der Waals surface area contributed by atoms with Gasteiger partial charge in [-0.15, -0.1) is 0 Å². The van der Waals surface area contributed by atoms with Gasteiger partial charge in [0.1, 0.15) is 17.4 Å². The van der Waals surface area contributed by atoms with Crippen molar-refractivity contribution in [2.75, 3.05) is 22.3 Å². The SMILES string of the molecule is Cc1cc2cc(C(=O)c3cnn(-c4cnc(Oc5ccc(F)cc5)cc4C)c3N)[nH]c2cc1N1CCCS1(=O)=O. The third-order valence-corrected chi connectivity index (χ3v) is 8.78. The number of ether oxygens (including phenoxy) is 1. The Morgan fingerprint density at radius 3 is 2.50 bits per heavy atom. The summed E-state index contributed by atoms with van der Waals surface area (Å²) in [6.07, 6.45) is 3.51. The van der Waals surface area contributed by atoms with Gasteiger partial charge in [-0.2, -0.15) is 5.10 Å². The predicted octanol–water partition coefficient (Wildman–Crippen LogP) is 4.65. The van der Waals surface area contributed by atoms with Crippen molar-refractivity contribution in [1.82, 2.24) is 19.7 Å². The number of benzene rings is 2.